The van der Waals surface area contributed by atoms with E-state index < -0.39 is 0 Å². The highest BCUT2D eigenvalue weighted by Gasteiger charge is 1.98. The number of benzene rings is 2. The quantitative estimate of drug-likeness (QED) is 0.234. The number of allylic oxidation sites excluding steroid dienone is 1. The molecule has 0 aliphatic carbocycles. The van der Waals surface area contributed by atoms with Gasteiger partial charge in [0.1, 0.15) is 0 Å². The molecule has 0 heterocycles. The molecule has 0 radical (unpaired) electrons. The molecule has 1 heteroatoms. The lowest BCUT2D eigenvalue weighted by atomic mass is 10.0. The van der Waals surface area contributed by atoms with Crippen LogP contribution in [0.3, 0.4) is 0 Å². The van der Waals surface area contributed by atoms with Crippen molar-refractivity contribution in [2.24, 2.45) is 0 Å². The minimum Gasteiger partial charge on any atom is -0.0795 e. The van der Waals surface area contributed by atoms with Gasteiger partial charge in [0.25, 0.3) is 0 Å². The molecule has 0 aliphatic heterocycles. The van der Waals surface area contributed by atoms with Crippen molar-refractivity contribution in [2.75, 3.05) is 0 Å². The molecule has 0 spiro atoms. The number of rotatable bonds is 8. The summed E-state index contributed by atoms with van der Waals surface area (Å²) in [5.41, 5.74) is 5.09. The Kier molecular flexibility index (Phi) is 7.22. The van der Waals surface area contributed by atoms with Crippen molar-refractivity contribution in [3.63, 3.8) is 0 Å². The predicted molar refractivity (Wildman–Crippen MR) is 106 cm³/mol. The van der Waals surface area contributed by atoms with Crippen LogP contribution in [-0.4, -0.2) is 4.86 Å². The summed E-state index contributed by atoms with van der Waals surface area (Å²) in [5, 5.41) is 0. The molecular formula is C22H26S. The van der Waals surface area contributed by atoms with Crippen LogP contribution in [0.15, 0.2) is 54.6 Å². The van der Waals surface area contributed by atoms with E-state index in [1.54, 1.807) is 0 Å². The van der Waals surface area contributed by atoms with Gasteiger partial charge in [0.2, 0.25) is 0 Å². The number of unbranched alkanes of at least 4 members (excludes halogenated alkanes) is 2. The molecule has 0 unspecified atom stereocenters. The molecule has 0 aromatic heterocycles. The van der Waals surface area contributed by atoms with Gasteiger partial charge in [-0.15, -0.1) is 0 Å². The third-order valence-corrected chi connectivity index (χ3v) is 4.49. The van der Waals surface area contributed by atoms with E-state index in [1.807, 2.05) is 6.08 Å². The van der Waals surface area contributed by atoms with Crippen molar-refractivity contribution in [2.45, 2.75) is 46.0 Å². The highest BCUT2D eigenvalue weighted by molar-refractivity contribution is 7.81. The number of hydrogen-bond donors (Lipinski definition) is 0. The molecule has 0 aliphatic rings. The first-order valence-electron chi connectivity index (χ1n) is 8.63. The normalized spacial score (nSPS) is 11.0. The molecule has 2 aromatic rings. The first kappa shape index (κ1) is 17.6. The Balaban J connectivity index is 1.94. The summed E-state index contributed by atoms with van der Waals surface area (Å²) in [4.78, 5) is 0.889. The average molecular weight is 323 g/mol. The Bertz CT molecular complexity index is 633. The van der Waals surface area contributed by atoms with Crippen LogP contribution in [-0.2, 0) is 12.8 Å². The van der Waals surface area contributed by atoms with Gasteiger partial charge >= 0.3 is 0 Å². The van der Waals surface area contributed by atoms with Crippen molar-refractivity contribution in [3.05, 3.63) is 76.9 Å². The molecule has 0 saturated carbocycles. The summed E-state index contributed by atoms with van der Waals surface area (Å²) in [7, 11) is 0. The fourth-order valence-corrected chi connectivity index (χ4v) is 2.75. The van der Waals surface area contributed by atoms with Crippen LogP contribution in [0.5, 0.6) is 0 Å². The van der Waals surface area contributed by atoms with Crippen LogP contribution < -0.4 is 0 Å². The van der Waals surface area contributed by atoms with Crippen LogP contribution in [0, 0.1) is 0 Å². The molecule has 0 saturated heterocycles. The van der Waals surface area contributed by atoms with Crippen molar-refractivity contribution in [1.29, 1.82) is 0 Å². The molecule has 0 fully saturated rings. The lowest BCUT2D eigenvalue weighted by Crippen LogP contribution is -1.93. The van der Waals surface area contributed by atoms with Crippen LogP contribution >= 0.6 is 12.2 Å². The monoisotopic (exact) mass is 322 g/mol. The molecule has 0 amide bonds. The van der Waals surface area contributed by atoms with Crippen molar-refractivity contribution < 1.29 is 0 Å². The number of hydrogen-bond acceptors (Lipinski definition) is 1. The zero-order valence-electron chi connectivity index (χ0n) is 14.2. The maximum atomic E-state index is 5.51. The minimum atomic E-state index is 0.889. The largest absolute Gasteiger partial charge is 0.0795 e. The predicted octanol–water partition coefficient (Wildman–Crippen LogP) is 6.41. The van der Waals surface area contributed by atoms with Crippen LogP contribution in [0.1, 0.15) is 55.4 Å². The first-order chi connectivity index (χ1) is 11.2. The van der Waals surface area contributed by atoms with Gasteiger partial charge in [-0.1, -0.05) is 93.5 Å². The van der Waals surface area contributed by atoms with E-state index in [0.717, 1.165) is 16.8 Å². The Morgan fingerprint density at radius 3 is 2.13 bits per heavy atom. The maximum Gasteiger partial charge on any atom is 0.0449 e. The van der Waals surface area contributed by atoms with Gasteiger partial charge in [0, 0.05) is 4.86 Å². The Labute approximate surface area is 146 Å². The lowest BCUT2D eigenvalue weighted by molar-refractivity contribution is 0.717. The van der Waals surface area contributed by atoms with E-state index in [9.17, 15) is 0 Å². The standard InChI is InChI=1S/C22H26S/c1-3-5-6-7-19-8-10-20(11-9-19)14-17-22(23)21-15-12-18(4-2)13-16-21/h8-17H,3-7H2,1-2H3. The molecule has 0 atom stereocenters. The van der Waals surface area contributed by atoms with E-state index in [4.69, 9.17) is 12.2 Å². The molecule has 0 nitrogen and oxygen atoms in total. The highest BCUT2D eigenvalue weighted by Crippen LogP contribution is 2.12. The van der Waals surface area contributed by atoms with Gasteiger partial charge in [-0.05, 0) is 47.6 Å². The molecule has 23 heavy (non-hydrogen) atoms. The Hall–Kier alpha value is -1.73. The minimum absolute atomic E-state index is 0.889. The summed E-state index contributed by atoms with van der Waals surface area (Å²) in [5.74, 6) is 0. The zero-order valence-corrected chi connectivity index (χ0v) is 15.0. The summed E-state index contributed by atoms with van der Waals surface area (Å²) >= 11 is 5.51. The fourth-order valence-electron chi connectivity index (χ4n) is 2.55. The van der Waals surface area contributed by atoms with E-state index >= 15 is 0 Å². The van der Waals surface area contributed by atoms with Crippen molar-refractivity contribution >= 4 is 23.2 Å². The van der Waals surface area contributed by atoms with Crippen LogP contribution in [0.2, 0.25) is 0 Å². The van der Waals surface area contributed by atoms with Crippen LogP contribution in [0.4, 0.5) is 0 Å². The first-order valence-corrected chi connectivity index (χ1v) is 9.04. The van der Waals surface area contributed by atoms with E-state index in [-0.39, 0.29) is 0 Å². The SMILES string of the molecule is CCCCCc1ccc(C=CC(=S)c2ccc(CC)cc2)cc1. The molecular weight excluding hydrogens is 296 g/mol. The second-order valence-corrected chi connectivity index (χ2v) is 6.39. The summed E-state index contributed by atoms with van der Waals surface area (Å²) in [6.07, 6.45) is 10.2. The van der Waals surface area contributed by atoms with E-state index in [1.165, 1.54) is 42.4 Å². The second-order valence-electron chi connectivity index (χ2n) is 5.95. The smallest absolute Gasteiger partial charge is 0.0449 e. The molecule has 2 rings (SSSR count). The van der Waals surface area contributed by atoms with E-state index in [2.05, 4.69) is 68.5 Å². The summed E-state index contributed by atoms with van der Waals surface area (Å²) in [6, 6.07) is 17.4. The molecule has 2 aromatic carbocycles. The average Bonchev–Trinajstić information content (AvgIpc) is 2.61. The van der Waals surface area contributed by atoms with Gasteiger partial charge < -0.3 is 0 Å². The fraction of sp³-hybridized carbons (Fsp3) is 0.318. The Morgan fingerprint density at radius 2 is 1.52 bits per heavy atom. The van der Waals surface area contributed by atoms with Gasteiger partial charge in [-0.2, -0.15) is 0 Å². The summed E-state index contributed by atoms with van der Waals surface area (Å²) in [6.45, 7) is 4.41. The molecule has 120 valence electrons. The second kappa shape index (κ2) is 9.42. The van der Waals surface area contributed by atoms with Crippen molar-refractivity contribution in [3.8, 4) is 0 Å². The summed E-state index contributed by atoms with van der Waals surface area (Å²) < 4.78 is 0. The topological polar surface area (TPSA) is 0 Å². The van der Waals surface area contributed by atoms with Gasteiger partial charge in [-0.3, -0.25) is 0 Å². The third kappa shape index (κ3) is 5.76. The Morgan fingerprint density at radius 1 is 0.870 bits per heavy atom. The van der Waals surface area contributed by atoms with Crippen molar-refractivity contribution in [1.82, 2.24) is 0 Å². The van der Waals surface area contributed by atoms with Gasteiger partial charge in [-0.25, -0.2) is 0 Å². The zero-order chi connectivity index (χ0) is 16.5. The molecule has 0 N–H and O–H groups in total. The number of aryl methyl sites for hydroxylation is 2. The van der Waals surface area contributed by atoms with Crippen LogP contribution in [0.25, 0.3) is 6.08 Å². The lowest BCUT2D eigenvalue weighted by Gasteiger charge is -2.02. The molecule has 0 bridgehead atoms. The maximum absolute atomic E-state index is 5.51. The number of thiocarbonyl (C=S) groups is 1. The third-order valence-electron chi connectivity index (χ3n) is 4.12. The van der Waals surface area contributed by atoms with Gasteiger partial charge in [0.05, 0.1) is 0 Å². The highest BCUT2D eigenvalue weighted by atomic mass is 32.1. The van der Waals surface area contributed by atoms with E-state index in [0.29, 0.717) is 0 Å². The van der Waals surface area contributed by atoms with Gasteiger partial charge in [0.15, 0.2) is 0 Å².